The molecular formula is C9H11N3O3S3. The molecule has 0 bridgehead atoms. The minimum absolute atomic E-state index is 0.128. The van der Waals surface area contributed by atoms with Crippen molar-refractivity contribution in [2.24, 2.45) is 0 Å². The van der Waals surface area contributed by atoms with Gasteiger partial charge < -0.3 is 5.11 Å². The van der Waals surface area contributed by atoms with E-state index >= 15 is 0 Å². The fourth-order valence-electron chi connectivity index (χ4n) is 1.46. The third-order valence-electron chi connectivity index (χ3n) is 2.15. The number of aromatic nitrogens is 2. The van der Waals surface area contributed by atoms with Crippen molar-refractivity contribution in [1.82, 2.24) is 10.2 Å². The van der Waals surface area contributed by atoms with Crippen LogP contribution in [0.15, 0.2) is 10.3 Å². The van der Waals surface area contributed by atoms with Crippen LogP contribution in [0.3, 0.4) is 0 Å². The van der Waals surface area contributed by atoms with Gasteiger partial charge in [0.1, 0.15) is 9.90 Å². The summed E-state index contributed by atoms with van der Waals surface area (Å²) >= 11 is 2.38. The zero-order valence-corrected chi connectivity index (χ0v) is 12.1. The molecule has 2 N–H and O–H groups in total. The predicted octanol–water partition coefficient (Wildman–Crippen LogP) is 1.51. The fraction of sp³-hybridized carbons (Fsp3) is 0.333. The summed E-state index contributed by atoms with van der Waals surface area (Å²) in [5, 5.41) is 19.2. The Kier molecular flexibility index (Phi) is 3.66. The van der Waals surface area contributed by atoms with Gasteiger partial charge in [-0.15, -0.1) is 21.5 Å². The number of sulfonamides is 1. The lowest BCUT2D eigenvalue weighted by atomic mass is 10.3. The van der Waals surface area contributed by atoms with Crippen molar-refractivity contribution < 1.29 is 13.5 Å². The van der Waals surface area contributed by atoms with Crippen molar-refractivity contribution in [3.63, 3.8) is 0 Å². The van der Waals surface area contributed by atoms with Crippen LogP contribution in [0.4, 0.5) is 5.13 Å². The second-order valence-corrected chi connectivity index (χ2v) is 7.33. The van der Waals surface area contributed by atoms with Crippen molar-refractivity contribution in [3.05, 3.63) is 20.8 Å². The lowest BCUT2D eigenvalue weighted by Crippen LogP contribution is -2.14. The number of hydrogen-bond donors (Lipinski definition) is 2. The van der Waals surface area contributed by atoms with Crippen LogP contribution in [0.1, 0.15) is 15.4 Å². The van der Waals surface area contributed by atoms with Gasteiger partial charge in [-0.05, 0) is 24.8 Å². The van der Waals surface area contributed by atoms with E-state index in [0.717, 1.165) is 11.3 Å². The highest BCUT2D eigenvalue weighted by molar-refractivity contribution is 7.93. The number of aliphatic hydroxyl groups is 1. The molecule has 2 aromatic rings. The Morgan fingerprint density at radius 3 is 2.67 bits per heavy atom. The van der Waals surface area contributed by atoms with Crippen molar-refractivity contribution in [3.8, 4) is 0 Å². The predicted molar refractivity (Wildman–Crippen MR) is 70.4 cm³/mol. The molecule has 18 heavy (non-hydrogen) atoms. The minimum atomic E-state index is -3.72. The Morgan fingerprint density at radius 1 is 1.39 bits per heavy atom. The van der Waals surface area contributed by atoms with Crippen molar-refractivity contribution >= 4 is 37.8 Å². The molecule has 98 valence electrons. The highest BCUT2D eigenvalue weighted by Crippen LogP contribution is 2.29. The summed E-state index contributed by atoms with van der Waals surface area (Å²) in [4.78, 5) is 0.545. The summed E-state index contributed by atoms with van der Waals surface area (Å²) in [7, 11) is -3.72. The molecular weight excluding hydrogens is 294 g/mol. The van der Waals surface area contributed by atoms with E-state index < -0.39 is 10.0 Å². The number of aryl methyl sites for hydroxylation is 2. The first-order valence-corrected chi connectivity index (χ1v) is 8.12. The van der Waals surface area contributed by atoms with Crippen LogP contribution in [0.2, 0.25) is 0 Å². The summed E-state index contributed by atoms with van der Waals surface area (Å²) in [6, 6.07) is 0. The van der Waals surface area contributed by atoms with E-state index in [2.05, 4.69) is 14.9 Å². The normalized spacial score (nSPS) is 11.7. The molecule has 0 unspecified atom stereocenters. The standard InChI is InChI=1S/C9H11N3O3S3/c1-5-4-16-7(3-13)8(5)18(14,15)12-9-11-10-6(2)17-9/h4,13H,3H2,1-2H3,(H,11,12). The van der Waals surface area contributed by atoms with Gasteiger partial charge in [0.25, 0.3) is 10.0 Å². The fourth-order valence-corrected chi connectivity index (χ4v) is 4.95. The molecule has 9 heteroatoms. The van der Waals surface area contributed by atoms with Gasteiger partial charge in [-0.2, -0.15) is 0 Å². The number of anilines is 1. The van der Waals surface area contributed by atoms with Gasteiger partial charge in [0, 0.05) is 0 Å². The summed E-state index contributed by atoms with van der Waals surface area (Å²) in [6.45, 7) is 3.13. The van der Waals surface area contributed by atoms with E-state index in [0.29, 0.717) is 15.4 Å². The first kappa shape index (κ1) is 13.4. The van der Waals surface area contributed by atoms with Gasteiger partial charge >= 0.3 is 0 Å². The van der Waals surface area contributed by atoms with Gasteiger partial charge in [0.15, 0.2) is 0 Å². The van der Waals surface area contributed by atoms with Crippen LogP contribution in [-0.2, 0) is 16.6 Å². The molecule has 2 aromatic heterocycles. The molecule has 0 aromatic carbocycles. The van der Waals surface area contributed by atoms with E-state index in [1.165, 1.54) is 11.3 Å². The van der Waals surface area contributed by atoms with Gasteiger partial charge in [-0.1, -0.05) is 11.3 Å². The van der Waals surface area contributed by atoms with Crippen molar-refractivity contribution in [2.45, 2.75) is 25.3 Å². The molecule has 0 saturated carbocycles. The first-order chi connectivity index (χ1) is 8.44. The summed E-state index contributed by atoms with van der Waals surface area (Å²) in [5.74, 6) is 0. The molecule has 2 heterocycles. The molecule has 0 spiro atoms. The van der Waals surface area contributed by atoms with Crippen LogP contribution < -0.4 is 4.72 Å². The zero-order valence-electron chi connectivity index (χ0n) is 9.67. The van der Waals surface area contributed by atoms with E-state index in [1.54, 1.807) is 19.2 Å². The topological polar surface area (TPSA) is 92.2 Å². The number of nitrogens with zero attached hydrogens (tertiary/aromatic N) is 2. The molecule has 0 aliphatic heterocycles. The lowest BCUT2D eigenvalue weighted by Gasteiger charge is -2.06. The molecule has 0 aliphatic carbocycles. The quantitative estimate of drug-likeness (QED) is 0.893. The Morgan fingerprint density at radius 2 is 2.11 bits per heavy atom. The van der Waals surface area contributed by atoms with Crippen LogP contribution in [0, 0.1) is 13.8 Å². The average molecular weight is 305 g/mol. The molecule has 2 rings (SSSR count). The van der Waals surface area contributed by atoms with Crippen LogP contribution in [-0.4, -0.2) is 23.7 Å². The first-order valence-electron chi connectivity index (χ1n) is 4.95. The summed E-state index contributed by atoms with van der Waals surface area (Å²) in [6.07, 6.45) is 0. The molecule has 0 radical (unpaired) electrons. The molecule has 6 nitrogen and oxygen atoms in total. The van der Waals surface area contributed by atoms with Crippen LogP contribution >= 0.6 is 22.7 Å². The summed E-state index contributed by atoms with van der Waals surface area (Å²) < 4.78 is 26.8. The van der Waals surface area contributed by atoms with Crippen LogP contribution in [0.25, 0.3) is 0 Å². The van der Waals surface area contributed by atoms with E-state index in [1.807, 2.05) is 0 Å². The maximum absolute atomic E-state index is 12.2. The van der Waals surface area contributed by atoms with Gasteiger partial charge in [0.05, 0.1) is 11.5 Å². The van der Waals surface area contributed by atoms with E-state index in [-0.39, 0.29) is 16.6 Å². The van der Waals surface area contributed by atoms with Crippen LogP contribution in [0.5, 0.6) is 0 Å². The largest absolute Gasteiger partial charge is 0.391 e. The Labute approximate surface area is 112 Å². The number of thiophene rings is 1. The third-order valence-corrected chi connectivity index (χ3v) is 5.82. The Bertz CT molecular complexity index is 660. The number of aliphatic hydroxyl groups excluding tert-OH is 1. The molecule has 0 amide bonds. The monoisotopic (exact) mass is 305 g/mol. The highest BCUT2D eigenvalue weighted by Gasteiger charge is 2.23. The maximum Gasteiger partial charge on any atom is 0.265 e. The third kappa shape index (κ3) is 2.53. The molecule has 0 aliphatic rings. The average Bonchev–Trinajstić information content (AvgIpc) is 2.84. The van der Waals surface area contributed by atoms with Gasteiger partial charge in [-0.3, -0.25) is 4.72 Å². The number of rotatable bonds is 4. The van der Waals surface area contributed by atoms with Gasteiger partial charge in [-0.25, -0.2) is 8.42 Å². The lowest BCUT2D eigenvalue weighted by molar-refractivity contribution is 0.282. The molecule has 0 fully saturated rings. The van der Waals surface area contributed by atoms with Crippen molar-refractivity contribution in [1.29, 1.82) is 0 Å². The van der Waals surface area contributed by atoms with E-state index in [4.69, 9.17) is 5.11 Å². The van der Waals surface area contributed by atoms with Crippen molar-refractivity contribution in [2.75, 3.05) is 4.72 Å². The zero-order chi connectivity index (χ0) is 13.3. The molecule has 0 saturated heterocycles. The Balaban J connectivity index is 2.39. The minimum Gasteiger partial charge on any atom is -0.391 e. The highest BCUT2D eigenvalue weighted by atomic mass is 32.2. The summed E-state index contributed by atoms with van der Waals surface area (Å²) in [5.41, 5.74) is 0.609. The van der Waals surface area contributed by atoms with E-state index in [9.17, 15) is 8.42 Å². The maximum atomic E-state index is 12.2. The smallest absolute Gasteiger partial charge is 0.265 e. The SMILES string of the molecule is Cc1nnc(NS(=O)(=O)c2c(C)csc2CO)s1. The Hall–Kier alpha value is -1.03. The molecule has 0 atom stereocenters. The van der Waals surface area contributed by atoms with Gasteiger partial charge in [0.2, 0.25) is 5.13 Å². The second-order valence-electron chi connectivity index (χ2n) is 3.56. The number of hydrogen-bond acceptors (Lipinski definition) is 7. The number of nitrogens with one attached hydrogen (secondary N) is 1. The second kappa shape index (κ2) is 4.92.